The predicted octanol–water partition coefficient (Wildman–Crippen LogP) is 1.82. The van der Waals surface area contributed by atoms with Gasteiger partial charge in [0.05, 0.1) is 0 Å². The molecule has 17 heavy (non-hydrogen) atoms. The lowest BCUT2D eigenvalue weighted by molar-refractivity contribution is -0.140. The summed E-state index contributed by atoms with van der Waals surface area (Å²) in [6.07, 6.45) is -0.00296. The number of carbonyl (C=O) groups excluding carboxylic acids is 1. The van der Waals surface area contributed by atoms with Gasteiger partial charge in [-0.2, -0.15) is 0 Å². The number of hydrogen-bond acceptors (Lipinski definition) is 2. The van der Waals surface area contributed by atoms with E-state index in [-0.39, 0.29) is 6.42 Å². The van der Waals surface area contributed by atoms with Crippen LogP contribution >= 0.6 is 23.2 Å². The molecule has 1 fully saturated rings. The lowest BCUT2D eigenvalue weighted by Gasteiger charge is -2.15. The van der Waals surface area contributed by atoms with E-state index in [4.69, 9.17) is 28.3 Å². The van der Waals surface area contributed by atoms with Crippen LogP contribution in [0.4, 0.5) is 0 Å². The maximum absolute atomic E-state index is 11.8. The Kier molecular flexibility index (Phi) is 2.79. The van der Waals surface area contributed by atoms with Crippen molar-refractivity contribution in [3.05, 3.63) is 35.9 Å². The lowest BCUT2D eigenvalue weighted by atomic mass is 10.2. The van der Waals surface area contributed by atoms with Gasteiger partial charge in [0.2, 0.25) is 0 Å². The molecule has 1 aliphatic carbocycles. The van der Waals surface area contributed by atoms with Crippen LogP contribution in [0.1, 0.15) is 16.8 Å². The van der Waals surface area contributed by atoms with E-state index >= 15 is 0 Å². The Hall–Kier alpha value is -1.26. The highest BCUT2D eigenvalue weighted by Crippen LogP contribution is 2.56. The highest BCUT2D eigenvalue weighted by Gasteiger charge is 2.73. The molecule has 1 aromatic rings. The summed E-state index contributed by atoms with van der Waals surface area (Å²) in [5, 5.41) is 11.4. The Morgan fingerprint density at radius 2 is 1.76 bits per heavy atom. The quantitative estimate of drug-likeness (QED) is 0.826. The number of rotatable bonds is 3. The Labute approximate surface area is 108 Å². The van der Waals surface area contributed by atoms with Crippen LogP contribution in [0.25, 0.3) is 0 Å². The average molecular weight is 274 g/mol. The molecule has 0 aliphatic heterocycles. The van der Waals surface area contributed by atoms with E-state index in [9.17, 15) is 9.59 Å². The molecule has 90 valence electrons. The first-order chi connectivity index (χ1) is 7.89. The Balaban J connectivity index is 2.17. The van der Waals surface area contributed by atoms with Crippen LogP contribution in [0.3, 0.4) is 0 Å². The SMILES string of the molecule is O=C(NC1(C(=O)O)CC1(Cl)Cl)c1ccccc1. The van der Waals surface area contributed by atoms with E-state index in [1.54, 1.807) is 30.3 Å². The lowest BCUT2D eigenvalue weighted by Crippen LogP contribution is -2.47. The second-order valence-electron chi connectivity index (χ2n) is 3.91. The van der Waals surface area contributed by atoms with Gasteiger partial charge in [-0.05, 0) is 12.1 Å². The molecule has 1 aromatic carbocycles. The average Bonchev–Trinajstić information content (AvgIpc) is 2.83. The molecule has 1 amide bonds. The minimum Gasteiger partial charge on any atom is -0.479 e. The summed E-state index contributed by atoms with van der Waals surface area (Å²) in [6.45, 7) is 0. The van der Waals surface area contributed by atoms with Gasteiger partial charge in [-0.15, -0.1) is 0 Å². The van der Waals surface area contributed by atoms with Crippen molar-refractivity contribution < 1.29 is 14.7 Å². The summed E-state index contributed by atoms with van der Waals surface area (Å²) in [6, 6.07) is 8.29. The van der Waals surface area contributed by atoms with E-state index in [2.05, 4.69) is 5.32 Å². The Bertz CT molecular complexity index is 475. The van der Waals surface area contributed by atoms with Gasteiger partial charge < -0.3 is 10.4 Å². The minimum atomic E-state index is -1.58. The van der Waals surface area contributed by atoms with Crippen molar-refractivity contribution in [2.75, 3.05) is 0 Å². The van der Waals surface area contributed by atoms with Gasteiger partial charge in [-0.3, -0.25) is 4.79 Å². The number of benzene rings is 1. The Morgan fingerprint density at radius 1 is 1.24 bits per heavy atom. The third kappa shape index (κ3) is 1.98. The number of alkyl halides is 2. The Morgan fingerprint density at radius 3 is 2.18 bits per heavy atom. The van der Waals surface area contributed by atoms with Crippen molar-refractivity contribution in [3.8, 4) is 0 Å². The summed E-state index contributed by atoms with van der Waals surface area (Å²) < 4.78 is -1.44. The van der Waals surface area contributed by atoms with Gasteiger partial charge in [0, 0.05) is 12.0 Å². The van der Waals surface area contributed by atoms with E-state index in [0.717, 1.165) is 0 Å². The van der Waals surface area contributed by atoms with Crippen LogP contribution < -0.4 is 5.32 Å². The molecule has 0 radical (unpaired) electrons. The van der Waals surface area contributed by atoms with Crippen LogP contribution in [0.5, 0.6) is 0 Å². The standard InChI is InChI=1S/C11H9Cl2NO3/c12-11(13)6-10(11,9(16)17)14-8(15)7-4-2-1-3-5-7/h1-5H,6H2,(H,14,15)(H,16,17). The molecule has 0 saturated heterocycles. The zero-order valence-electron chi connectivity index (χ0n) is 8.61. The number of aliphatic carboxylic acids is 1. The van der Waals surface area contributed by atoms with Crippen LogP contribution in [0.15, 0.2) is 30.3 Å². The van der Waals surface area contributed by atoms with Crippen molar-refractivity contribution in [3.63, 3.8) is 0 Å². The molecular weight excluding hydrogens is 265 g/mol. The maximum atomic E-state index is 11.8. The number of carboxylic acid groups (broad SMARTS) is 1. The fourth-order valence-electron chi connectivity index (χ4n) is 1.57. The molecule has 6 heteroatoms. The van der Waals surface area contributed by atoms with E-state index in [0.29, 0.717) is 5.56 Å². The molecular formula is C11H9Cl2NO3. The third-order valence-corrected chi connectivity index (χ3v) is 3.63. The molecule has 1 saturated carbocycles. The minimum absolute atomic E-state index is 0.00296. The van der Waals surface area contributed by atoms with Crippen LogP contribution in [-0.4, -0.2) is 26.9 Å². The highest BCUT2D eigenvalue weighted by molar-refractivity contribution is 6.54. The molecule has 0 bridgehead atoms. The number of carboxylic acids is 1. The third-order valence-electron chi connectivity index (χ3n) is 2.71. The summed E-state index contributed by atoms with van der Waals surface area (Å²) in [5.41, 5.74) is -1.22. The van der Waals surface area contributed by atoms with Gasteiger partial charge in [0.15, 0.2) is 9.87 Å². The van der Waals surface area contributed by atoms with Crippen molar-refractivity contribution >= 4 is 35.1 Å². The van der Waals surface area contributed by atoms with Crippen molar-refractivity contribution in [2.24, 2.45) is 0 Å². The first kappa shape index (κ1) is 12.2. The molecule has 0 spiro atoms. The smallest absolute Gasteiger partial charge is 0.332 e. The molecule has 2 N–H and O–H groups in total. The molecule has 1 aliphatic rings. The molecule has 4 nitrogen and oxygen atoms in total. The maximum Gasteiger partial charge on any atom is 0.332 e. The second-order valence-corrected chi connectivity index (χ2v) is 5.40. The number of nitrogens with one attached hydrogen (secondary N) is 1. The van der Waals surface area contributed by atoms with Crippen LogP contribution in [0, 0.1) is 0 Å². The molecule has 0 heterocycles. The summed E-state index contributed by atoms with van der Waals surface area (Å²) in [7, 11) is 0. The normalized spacial score (nSPS) is 25.1. The zero-order chi connectivity index (χ0) is 12.7. The van der Waals surface area contributed by atoms with Gasteiger partial charge >= 0.3 is 5.97 Å². The fraction of sp³-hybridized carbons (Fsp3) is 0.273. The fourth-order valence-corrected chi connectivity index (χ4v) is 2.22. The monoisotopic (exact) mass is 273 g/mol. The number of hydrogen-bond donors (Lipinski definition) is 2. The largest absolute Gasteiger partial charge is 0.479 e. The predicted molar refractivity (Wildman–Crippen MR) is 63.3 cm³/mol. The number of halogens is 2. The highest BCUT2D eigenvalue weighted by atomic mass is 35.5. The van der Waals surface area contributed by atoms with E-state index in [1.165, 1.54) is 0 Å². The van der Waals surface area contributed by atoms with Crippen molar-refractivity contribution in [1.82, 2.24) is 5.32 Å². The zero-order valence-corrected chi connectivity index (χ0v) is 10.1. The van der Waals surface area contributed by atoms with Gasteiger partial charge in [0.1, 0.15) is 0 Å². The number of amides is 1. The van der Waals surface area contributed by atoms with Crippen LogP contribution in [-0.2, 0) is 4.79 Å². The molecule has 2 rings (SSSR count). The first-order valence-electron chi connectivity index (χ1n) is 4.88. The summed E-state index contributed by atoms with van der Waals surface area (Å²) in [4.78, 5) is 22.9. The number of carbonyl (C=O) groups is 2. The molecule has 0 aromatic heterocycles. The van der Waals surface area contributed by atoms with Crippen LogP contribution in [0.2, 0.25) is 0 Å². The van der Waals surface area contributed by atoms with Gasteiger partial charge in [-0.25, -0.2) is 4.79 Å². The van der Waals surface area contributed by atoms with Gasteiger partial charge in [0.25, 0.3) is 5.91 Å². The van der Waals surface area contributed by atoms with Gasteiger partial charge in [-0.1, -0.05) is 41.4 Å². The molecule has 1 atom stereocenters. The molecule has 1 unspecified atom stereocenters. The van der Waals surface area contributed by atoms with Crippen molar-refractivity contribution in [2.45, 2.75) is 16.3 Å². The summed E-state index contributed by atoms with van der Waals surface area (Å²) >= 11 is 11.5. The van der Waals surface area contributed by atoms with E-state index < -0.39 is 21.7 Å². The second kappa shape index (κ2) is 3.89. The summed E-state index contributed by atoms with van der Waals surface area (Å²) in [5.74, 6) is -1.73. The first-order valence-corrected chi connectivity index (χ1v) is 5.63. The van der Waals surface area contributed by atoms with E-state index in [1.807, 2.05) is 0 Å². The topological polar surface area (TPSA) is 66.4 Å². The van der Waals surface area contributed by atoms with Crippen molar-refractivity contribution in [1.29, 1.82) is 0 Å².